The second-order valence-electron chi connectivity index (χ2n) is 11.9. The molecule has 3 aliphatic heterocycles. The molecule has 0 radical (unpaired) electrons. The molecule has 34 heavy (non-hydrogen) atoms. The first-order valence-electron chi connectivity index (χ1n) is 12.8. The highest BCUT2D eigenvalue weighted by Crippen LogP contribution is 2.45. The average molecular weight is 465 g/mol. The molecule has 4 N–H and O–H groups in total. The Morgan fingerprint density at radius 2 is 1.79 bits per heavy atom. The Morgan fingerprint density at radius 3 is 2.50 bits per heavy atom. The van der Waals surface area contributed by atoms with E-state index in [-0.39, 0.29) is 11.3 Å². The molecule has 3 saturated heterocycles. The molecule has 0 spiro atoms. The summed E-state index contributed by atoms with van der Waals surface area (Å²) < 4.78 is 0. The van der Waals surface area contributed by atoms with Crippen molar-refractivity contribution in [1.82, 2.24) is 20.4 Å². The molecule has 0 aliphatic carbocycles. The van der Waals surface area contributed by atoms with E-state index in [0.717, 1.165) is 31.9 Å². The number of phenols is 1. The fourth-order valence-corrected chi connectivity index (χ4v) is 6.87. The molecule has 0 saturated carbocycles. The number of para-hydroxylation sites is 1. The third kappa shape index (κ3) is 4.24. The van der Waals surface area contributed by atoms with Gasteiger partial charge < -0.3 is 21.1 Å². The molecule has 3 unspecified atom stereocenters. The van der Waals surface area contributed by atoms with Crippen LogP contribution < -0.4 is 16.0 Å². The van der Waals surface area contributed by atoms with Gasteiger partial charge in [0.2, 0.25) is 0 Å². The maximum Gasteiger partial charge on any atom is 0.169 e. The summed E-state index contributed by atoms with van der Waals surface area (Å²) in [5.41, 5.74) is 9.09. The molecule has 7 nitrogen and oxygen atoms in total. The molecule has 184 valence electrons. The maximum atomic E-state index is 10.3. The number of piperazine rings is 1. The first-order chi connectivity index (χ1) is 16.2. The van der Waals surface area contributed by atoms with E-state index in [0.29, 0.717) is 40.5 Å². The van der Waals surface area contributed by atoms with Gasteiger partial charge >= 0.3 is 0 Å². The van der Waals surface area contributed by atoms with Crippen molar-refractivity contribution in [2.75, 3.05) is 36.8 Å². The maximum absolute atomic E-state index is 10.3. The van der Waals surface area contributed by atoms with Crippen LogP contribution in [0.1, 0.15) is 53.4 Å². The molecule has 3 aliphatic rings. The highest BCUT2D eigenvalue weighted by Gasteiger charge is 2.50. The lowest BCUT2D eigenvalue weighted by atomic mass is 9.73. The highest BCUT2D eigenvalue weighted by atomic mass is 16.3. The molecule has 2 aromatic rings. The van der Waals surface area contributed by atoms with Gasteiger partial charge in [-0.1, -0.05) is 26.0 Å². The number of aromatic hydroxyl groups is 1. The topological polar surface area (TPSA) is 90.5 Å². The van der Waals surface area contributed by atoms with Gasteiger partial charge in [-0.25, -0.2) is 0 Å². The van der Waals surface area contributed by atoms with Crippen molar-refractivity contribution in [3.8, 4) is 17.0 Å². The van der Waals surface area contributed by atoms with Crippen LogP contribution in [0.4, 0.5) is 11.5 Å². The number of fused-ring (bicyclic) bond motifs is 2. The van der Waals surface area contributed by atoms with Crippen LogP contribution in [-0.4, -0.2) is 64.0 Å². The van der Waals surface area contributed by atoms with E-state index in [1.165, 1.54) is 25.7 Å². The largest absolute Gasteiger partial charge is 0.507 e. The SMILES string of the molecule is CC1(C)CNCCC(C(C)(C)N2C3CCC2CN(c2cc(-c4ccccc4O)nnc2N)C3)C1. The predicted molar refractivity (Wildman–Crippen MR) is 138 cm³/mol. The summed E-state index contributed by atoms with van der Waals surface area (Å²) in [6.07, 6.45) is 4.95. The van der Waals surface area contributed by atoms with Crippen molar-refractivity contribution in [2.24, 2.45) is 11.3 Å². The molecule has 7 heteroatoms. The van der Waals surface area contributed by atoms with E-state index < -0.39 is 0 Å². The number of phenolic OH excluding ortho intramolecular Hbond substituents is 1. The first-order valence-corrected chi connectivity index (χ1v) is 12.8. The minimum Gasteiger partial charge on any atom is -0.507 e. The van der Waals surface area contributed by atoms with Crippen molar-refractivity contribution in [1.29, 1.82) is 0 Å². The zero-order chi connectivity index (χ0) is 24.1. The fourth-order valence-electron chi connectivity index (χ4n) is 6.87. The normalized spacial score (nSPS) is 27.5. The van der Waals surface area contributed by atoms with Crippen LogP contribution in [0.5, 0.6) is 5.75 Å². The summed E-state index contributed by atoms with van der Waals surface area (Å²) in [7, 11) is 0. The number of nitrogens with one attached hydrogen (secondary N) is 1. The minimum atomic E-state index is 0.157. The summed E-state index contributed by atoms with van der Waals surface area (Å²) in [6.45, 7) is 13.9. The average Bonchev–Trinajstić information content (AvgIpc) is 2.94. The smallest absolute Gasteiger partial charge is 0.169 e. The lowest BCUT2D eigenvalue weighted by Gasteiger charge is -2.53. The summed E-state index contributed by atoms with van der Waals surface area (Å²) in [5, 5.41) is 22.5. The van der Waals surface area contributed by atoms with Crippen LogP contribution in [0.3, 0.4) is 0 Å². The van der Waals surface area contributed by atoms with Crippen molar-refractivity contribution >= 4 is 11.5 Å². The van der Waals surface area contributed by atoms with Crippen LogP contribution in [0.2, 0.25) is 0 Å². The second kappa shape index (κ2) is 8.68. The quantitative estimate of drug-likeness (QED) is 0.632. The number of benzene rings is 1. The minimum absolute atomic E-state index is 0.157. The van der Waals surface area contributed by atoms with Crippen LogP contribution in [0.25, 0.3) is 11.3 Å². The molecule has 5 rings (SSSR count). The second-order valence-corrected chi connectivity index (χ2v) is 11.9. The summed E-state index contributed by atoms with van der Waals surface area (Å²) in [4.78, 5) is 5.26. The van der Waals surface area contributed by atoms with E-state index in [1.807, 2.05) is 24.3 Å². The van der Waals surface area contributed by atoms with Crippen molar-refractivity contribution in [3.05, 3.63) is 30.3 Å². The van der Waals surface area contributed by atoms with E-state index in [4.69, 9.17) is 5.73 Å². The number of hydrogen-bond donors (Lipinski definition) is 3. The van der Waals surface area contributed by atoms with Crippen molar-refractivity contribution < 1.29 is 5.11 Å². The lowest BCUT2D eigenvalue weighted by molar-refractivity contribution is -0.00477. The number of hydrogen-bond acceptors (Lipinski definition) is 7. The molecule has 3 fully saturated rings. The third-order valence-corrected chi connectivity index (χ3v) is 8.54. The summed E-state index contributed by atoms with van der Waals surface area (Å²) in [5.74, 6) is 1.34. The lowest BCUT2D eigenvalue weighted by Crippen LogP contribution is -2.63. The van der Waals surface area contributed by atoms with Gasteiger partial charge in [0.05, 0.1) is 11.4 Å². The highest BCUT2D eigenvalue weighted by molar-refractivity contribution is 5.74. The Morgan fingerprint density at radius 1 is 1.09 bits per heavy atom. The van der Waals surface area contributed by atoms with E-state index in [9.17, 15) is 5.11 Å². The summed E-state index contributed by atoms with van der Waals surface area (Å²) >= 11 is 0. The number of anilines is 2. The van der Waals surface area contributed by atoms with E-state index >= 15 is 0 Å². The van der Waals surface area contributed by atoms with Gasteiger partial charge in [0.1, 0.15) is 5.75 Å². The van der Waals surface area contributed by atoms with Gasteiger partial charge in [-0.2, -0.15) is 0 Å². The van der Waals surface area contributed by atoms with Crippen LogP contribution >= 0.6 is 0 Å². The Bertz CT molecular complexity index is 1020. The van der Waals surface area contributed by atoms with Crippen molar-refractivity contribution in [3.63, 3.8) is 0 Å². The van der Waals surface area contributed by atoms with Gasteiger partial charge in [0, 0.05) is 42.8 Å². The van der Waals surface area contributed by atoms with Crippen LogP contribution in [0, 0.1) is 11.3 Å². The number of aromatic nitrogens is 2. The standard InChI is InChI=1S/C27H40N6O/c1-26(2)14-18(11-12-29-17-26)27(3,4)33-19-9-10-20(33)16-32(15-19)23-13-22(30-31-25(23)28)21-7-5-6-8-24(21)34/h5-8,13,18-20,29,34H,9-12,14-17H2,1-4H3,(H2,28,31). The Balaban J connectivity index is 1.39. The number of rotatable bonds is 4. The zero-order valence-electron chi connectivity index (χ0n) is 21.1. The van der Waals surface area contributed by atoms with Crippen LogP contribution in [0.15, 0.2) is 30.3 Å². The zero-order valence-corrected chi connectivity index (χ0v) is 21.1. The van der Waals surface area contributed by atoms with Gasteiger partial charge in [-0.05, 0) is 75.6 Å². The number of nitrogen functional groups attached to an aromatic ring is 1. The fraction of sp³-hybridized carbons (Fsp3) is 0.630. The monoisotopic (exact) mass is 464 g/mol. The molecular weight excluding hydrogens is 424 g/mol. The van der Waals surface area contributed by atoms with Gasteiger partial charge in [0.15, 0.2) is 5.82 Å². The number of nitrogens with two attached hydrogens (primary N) is 1. The van der Waals surface area contributed by atoms with Crippen LogP contribution in [-0.2, 0) is 0 Å². The Labute approximate surface area is 203 Å². The molecule has 1 aromatic heterocycles. The third-order valence-electron chi connectivity index (χ3n) is 8.54. The van der Waals surface area contributed by atoms with Gasteiger partial charge in [0.25, 0.3) is 0 Å². The molecule has 0 amide bonds. The Kier molecular flexibility index (Phi) is 5.97. The molecule has 3 atom stereocenters. The predicted octanol–water partition coefficient (Wildman–Crippen LogP) is 3.89. The molecule has 2 bridgehead atoms. The molecule has 1 aromatic carbocycles. The number of nitrogens with zero attached hydrogens (tertiary/aromatic N) is 4. The van der Waals surface area contributed by atoms with Gasteiger partial charge in [-0.15, -0.1) is 10.2 Å². The van der Waals surface area contributed by atoms with Gasteiger partial charge in [-0.3, -0.25) is 4.90 Å². The Hall–Kier alpha value is -2.38. The summed E-state index contributed by atoms with van der Waals surface area (Å²) in [6, 6.07) is 10.3. The van der Waals surface area contributed by atoms with Crippen molar-refractivity contribution in [2.45, 2.75) is 71.0 Å². The van der Waals surface area contributed by atoms with E-state index in [2.05, 4.69) is 53.0 Å². The van der Waals surface area contributed by atoms with E-state index in [1.54, 1.807) is 6.07 Å². The molecular formula is C27H40N6O. The first kappa shape index (κ1) is 23.4. The molecule has 4 heterocycles.